The van der Waals surface area contributed by atoms with Crippen LogP contribution in [-0.2, 0) is 11.2 Å². The van der Waals surface area contributed by atoms with Gasteiger partial charge in [0.1, 0.15) is 18.2 Å². The van der Waals surface area contributed by atoms with Crippen LogP contribution in [0.3, 0.4) is 0 Å². The molecule has 1 heterocycles. The molecule has 1 atom stereocenters. The topological polar surface area (TPSA) is 126 Å². The highest BCUT2D eigenvalue weighted by Crippen LogP contribution is 1.92. The van der Waals surface area contributed by atoms with Crippen LogP contribution in [-0.4, -0.2) is 39.7 Å². The molecule has 0 aliphatic carbocycles. The second-order valence-electron chi connectivity index (χ2n) is 3.56. The Kier molecular flexibility index (Phi) is 4.92. The molecule has 94 valence electrons. The fraction of sp³-hybridized carbons (Fsp3) is 0.556. The van der Waals surface area contributed by atoms with Gasteiger partial charge in [0, 0.05) is 13.0 Å². The Bertz CT molecular complexity index is 364. The first kappa shape index (κ1) is 12.9. The zero-order valence-corrected chi connectivity index (χ0v) is 9.56. The predicted molar refractivity (Wildman–Crippen MR) is 59.9 cm³/mol. The van der Waals surface area contributed by atoms with E-state index in [0.29, 0.717) is 13.0 Å². The van der Waals surface area contributed by atoms with Crippen molar-refractivity contribution < 1.29 is 9.59 Å². The number of H-pyrrole nitrogens is 1. The Morgan fingerprint density at radius 1 is 1.59 bits per heavy atom. The summed E-state index contributed by atoms with van der Waals surface area (Å²) in [5.74, 6) is 0.518. The average Bonchev–Trinajstić information content (AvgIpc) is 2.75. The van der Waals surface area contributed by atoms with Crippen molar-refractivity contribution >= 4 is 11.9 Å². The van der Waals surface area contributed by atoms with Crippen LogP contribution in [0.4, 0.5) is 4.79 Å². The average molecular weight is 240 g/mol. The molecular weight excluding hydrogens is 224 g/mol. The number of aryl methyl sites for hydroxylation is 1. The van der Waals surface area contributed by atoms with Crippen molar-refractivity contribution in [2.75, 3.05) is 6.54 Å². The van der Waals surface area contributed by atoms with E-state index in [1.54, 1.807) is 6.92 Å². The predicted octanol–water partition coefficient (Wildman–Crippen LogP) is -1.09. The van der Waals surface area contributed by atoms with Gasteiger partial charge in [-0.2, -0.15) is 5.10 Å². The first-order valence-corrected chi connectivity index (χ1v) is 5.27. The number of amides is 3. The number of nitrogens with two attached hydrogens (primary N) is 1. The van der Waals surface area contributed by atoms with Crippen LogP contribution in [0.5, 0.6) is 0 Å². The van der Waals surface area contributed by atoms with Gasteiger partial charge in [-0.3, -0.25) is 9.89 Å². The van der Waals surface area contributed by atoms with Gasteiger partial charge >= 0.3 is 6.03 Å². The lowest BCUT2D eigenvalue weighted by molar-refractivity contribution is -0.122. The summed E-state index contributed by atoms with van der Waals surface area (Å²) < 4.78 is 0. The van der Waals surface area contributed by atoms with E-state index < -0.39 is 12.1 Å². The molecule has 0 aliphatic rings. The number of hydrogen-bond acceptors (Lipinski definition) is 4. The summed E-state index contributed by atoms with van der Waals surface area (Å²) in [4.78, 5) is 25.9. The Morgan fingerprint density at radius 2 is 2.35 bits per heavy atom. The highest BCUT2D eigenvalue weighted by molar-refractivity contribution is 5.86. The number of urea groups is 1. The third kappa shape index (κ3) is 4.96. The van der Waals surface area contributed by atoms with Gasteiger partial charge in [0.2, 0.25) is 5.91 Å². The number of nitrogens with zero attached hydrogens (tertiary/aromatic N) is 2. The molecule has 0 aliphatic heterocycles. The molecule has 0 bridgehead atoms. The van der Waals surface area contributed by atoms with Crippen LogP contribution < -0.4 is 16.4 Å². The minimum absolute atomic E-state index is 0.263. The van der Waals surface area contributed by atoms with Gasteiger partial charge in [0.25, 0.3) is 0 Å². The van der Waals surface area contributed by atoms with Crippen molar-refractivity contribution in [1.82, 2.24) is 25.8 Å². The summed E-state index contributed by atoms with van der Waals surface area (Å²) in [5, 5.41) is 11.4. The molecule has 1 unspecified atom stereocenters. The van der Waals surface area contributed by atoms with Crippen LogP contribution in [0.25, 0.3) is 0 Å². The molecule has 0 radical (unpaired) electrons. The van der Waals surface area contributed by atoms with Crippen molar-refractivity contribution in [2.45, 2.75) is 25.8 Å². The van der Waals surface area contributed by atoms with Gasteiger partial charge in [-0.1, -0.05) is 0 Å². The molecule has 0 aromatic carbocycles. The molecule has 3 amide bonds. The Hall–Kier alpha value is -2.12. The largest absolute Gasteiger partial charge is 0.354 e. The van der Waals surface area contributed by atoms with E-state index in [-0.39, 0.29) is 5.91 Å². The third-order valence-corrected chi connectivity index (χ3v) is 2.11. The zero-order valence-electron chi connectivity index (χ0n) is 9.56. The van der Waals surface area contributed by atoms with Crippen LogP contribution in [0.15, 0.2) is 6.33 Å². The Balaban J connectivity index is 2.13. The molecule has 0 saturated heterocycles. The molecule has 0 saturated carbocycles. The van der Waals surface area contributed by atoms with Crippen molar-refractivity contribution in [2.24, 2.45) is 5.73 Å². The first-order chi connectivity index (χ1) is 8.09. The number of primary amides is 1. The van der Waals surface area contributed by atoms with Gasteiger partial charge < -0.3 is 16.4 Å². The van der Waals surface area contributed by atoms with Gasteiger partial charge in [-0.25, -0.2) is 9.78 Å². The van der Waals surface area contributed by atoms with E-state index >= 15 is 0 Å². The monoisotopic (exact) mass is 240 g/mol. The fourth-order valence-corrected chi connectivity index (χ4v) is 1.25. The van der Waals surface area contributed by atoms with Crippen LogP contribution in [0, 0.1) is 0 Å². The highest BCUT2D eigenvalue weighted by Gasteiger charge is 2.12. The number of hydrogen-bond donors (Lipinski definition) is 4. The molecule has 1 aromatic heterocycles. The molecule has 1 rings (SSSR count). The maximum Gasteiger partial charge on any atom is 0.312 e. The second-order valence-corrected chi connectivity index (χ2v) is 3.56. The summed E-state index contributed by atoms with van der Waals surface area (Å²) in [6, 6.07) is -1.34. The quantitative estimate of drug-likeness (QED) is 0.471. The maximum atomic E-state index is 11.4. The van der Waals surface area contributed by atoms with Crippen molar-refractivity contribution in [3.63, 3.8) is 0 Å². The van der Waals surface area contributed by atoms with Crippen molar-refractivity contribution in [3.05, 3.63) is 12.2 Å². The van der Waals surface area contributed by atoms with E-state index in [9.17, 15) is 9.59 Å². The minimum atomic E-state index is -0.714. The normalized spacial score (nSPS) is 11.8. The van der Waals surface area contributed by atoms with Gasteiger partial charge in [-0.15, -0.1) is 0 Å². The molecular formula is C9H16N6O2. The lowest BCUT2D eigenvalue weighted by Gasteiger charge is -2.11. The molecule has 0 fully saturated rings. The SMILES string of the molecule is CC(NC(N)=O)C(=O)NCCCc1ncn[nH]1. The van der Waals surface area contributed by atoms with Crippen LogP contribution in [0.2, 0.25) is 0 Å². The van der Waals surface area contributed by atoms with E-state index in [0.717, 1.165) is 12.2 Å². The number of aromatic amines is 1. The summed E-state index contributed by atoms with van der Waals surface area (Å²) in [7, 11) is 0. The lowest BCUT2D eigenvalue weighted by Crippen LogP contribution is -2.46. The molecule has 8 heteroatoms. The summed E-state index contributed by atoms with van der Waals surface area (Å²) in [5.41, 5.74) is 4.90. The first-order valence-electron chi connectivity index (χ1n) is 5.27. The zero-order chi connectivity index (χ0) is 12.7. The number of aromatic nitrogens is 3. The minimum Gasteiger partial charge on any atom is -0.354 e. The van der Waals surface area contributed by atoms with E-state index in [1.165, 1.54) is 6.33 Å². The fourth-order valence-electron chi connectivity index (χ4n) is 1.25. The van der Waals surface area contributed by atoms with Crippen LogP contribution >= 0.6 is 0 Å². The second kappa shape index (κ2) is 6.46. The molecule has 8 nitrogen and oxygen atoms in total. The Labute approximate surface area is 98.4 Å². The van der Waals surface area contributed by atoms with E-state index in [2.05, 4.69) is 25.8 Å². The van der Waals surface area contributed by atoms with Crippen molar-refractivity contribution in [1.29, 1.82) is 0 Å². The van der Waals surface area contributed by atoms with Gasteiger partial charge in [0.05, 0.1) is 0 Å². The van der Waals surface area contributed by atoms with Gasteiger partial charge in [-0.05, 0) is 13.3 Å². The lowest BCUT2D eigenvalue weighted by atomic mass is 10.2. The number of rotatable bonds is 6. The maximum absolute atomic E-state index is 11.4. The Morgan fingerprint density at radius 3 is 2.94 bits per heavy atom. The number of carbonyl (C=O) groups is 2. The number of carbonyl (C=O) groups excluding carboxylic acids is 2. The summed E-state index contributed by atoms with van der Waals surface area (Å²) >= 11 is 0. The highest BCUT2D eigenvalue weighted by atomic mass is 16.2. The van der Waals surface area contributed by atoms with Gasteiger partial charge in [0.15, 0.2) is 0 Å². The van der Waals surface area contributed by atoms with E-state index in [1.807, 2.05) is 0 Å². The smallest absolute Gasteiger partial charge is 0.312 e. The summed E-state index contributed by atoms with van der Waals surface area (Å²) in [6.07, 6.45) is 2.88. The van der Waals surface area contributed by atoms with Crippen LogP contribution in [0.1, 0.15) is 19.2 Å². The number of nitrogens with one attached hydrogen (secondary N) is 3. The molecule has 0 spiro atoms. The molecule has 17 heavy (non-hydrogen) atoms. The summed E-state index contributed by atoms with van der Waals surface area (Å²) in [6.45, 7) is 2.07. The van der Waals surface area contributed by atoms with E-state index in [4.69, 9.17) is 5.73 Å². The molecule has 1 aromatic rings. The molecule has 5 N–H and O–H groups in total. The van der Waals surface area contributed by atoms with Crippen molar-refractivity contribution in [3.8, 4) is 0 Å². The third-order valence-electron chi connectivity index (χ3n) is 2.11. The standard InChI is InChI=1S/C9H16N6O2/c1-6(14-9(10)17)8(16)11-4-2-3-7-12-5-13-15-7/h5-6H,2-4H2,1H3,(H,11,16)(H3,10,14,17)(H,12,13,15).